The van der Waals surface area contributed by atoms with Crippen molar-refractivity contribution in [2.75, 3.05) is 0 Å². The van der Waals surface area contributed by atoms with E-state index in [1.165, 1.54) is 0 Å². The lowest BCUT2D eigenvalue weighted by atomic mass is 10.4. The highest BCUT2D eigenvalue weighted by Crippen LogP contribution is 1.91. The van der Waals surface area contributed by atoms with Gasteiger partial charge in [0.25, 0.3) is 0 Å². The van der Waals surface area contributed by atoms with E-state index in [0.717, 1.165) is 11.4 Å². The number of nitrogens with zero attached hydrogens (tertiary/aromatic N) is 2. The van der Waals surface area contributed by atoms with Crippen molar-refractivity contribution in [2.24, 2.45) is 5.73 Å². The normalized spacial score (nSPS) is 9.56. The summed E-state index contributed by atoms with van der Waals surface area (Å²) in [6.07, 6.45) is 3.38. The van der Waals surface area contributed by atoms with Crippen molar-refractivity contribution in [3.05, 3.63) is 23.8 Å². The van der Waals surface area contributed by atoms with Gasteiger partial charge in [0, 0.05) is 18.9 Å². The van der Waals surface area contributed by atoms with Gasteiger partial charge in [-0.2, -0.15) is 0 Å². The van der Waals surface area contributed by atoms with Crippen molar-refractivity contribution in [1.82, 2.24) is 9.97 Å². The fourth-order valence-electron chi connectivity index (χ4n) is 0.614. The molecule has 9 heavy (non-hydrogen) atoms. The summed E-state index contributed by atoms with van der Waals surface area (Å²) in [4.78, 5) is 8.02. The summed E-state index contributed by atoms with van der Waals surface area (Å²) in [5.74, 6) is 0. The number of nitrogens with two attached hydrogens (primary N) is 1. The molecule has 0 atom stereocenters. The van der Waals surface area contributed by atoms with Crippen LogP contribution in [0.15, 0.2) is 12.4 Å². The predicted molar refractivity (Wildman–Crippen MR) is 34.7 cm³/mol. The molecular weight excluding hydrogens is 114 g/mol. The molecule has 0 saturated heterocycles. The molecule has 0 bridgehead atoms. The molecule has 1 aromatic heterocycles. The van der Waals surface area contributed by atoms with Gasteiger partial charge >= 0.3 is 0 Å². The topological polar surface area (TPSA) is 51.8 Å². The maximum atomic E-state index is 5.32. The van der Waals surface area contributed by atoms with Crippen LogP contribution in [0.3, 0.4) is 0 Å². The lowest BCUT2D eigenvalue weighted by Crippen LogP contribution is -2.00. The Morgan fingerprint density at radius 2 is 2.33 bits per heavy atom. The minimum atomic E-state index is 0.467. The second-order valence-corrected chi connectivity index (χ2v) is 1.86. The average Bonchev–Trinajstić information content (AvgIpc) is 1.88. The number of aromatic nitrogens is 2. The fourth-order valence-corrected chi connectivity index (χ4v) is 0.614. The largest absolute Gasteiger partial charge is 0.325 e. The molecule has 0 saturated carbocycles. The average molecular weight is 123 g/mol. The number of hydrogen-bond acceptors (Lipinski definition) is 3. The Balaban J connectivity index is 2.94. The van der Waals surface area contributed by atoms with Crippen LogP contribution in [0, 0.1) is 6.92 Å². The first kappa shape index (κ1) is 6.16. The molecule has 0 aliphatic heterocycles. The van der Waals surface area contributed by atoms with Crippen LogP contribution >= 0.6 is 0 Å². The monoisotopic (exact) mass is 123 g/mol. The van der Waals surface area contributed by atoms with Crippen molar-refractivity contribution in [2.45, 2.75) is 13.5 Å². The molecule has 0 radical (unpaired) electrons. The second-order valence-electron chi connectivity index (χ2n) is 1.86. The molecule has 1 heterocycles. The summed E-state index contributed by atoms with van der Waals surface area (Å²) in [6, 6.07) is 0. The van der Waals surface area contributed by atoms with Crippen LogP contribution in [0.1, 0.15) is 11.4 Å². The Hall–Kier alpha value is -0.960. The van der Waals surface area contributed by atoms with E-state index in [9.17, 15) is 0 Å². The molecule has 1 rings (SSSR count). The summed E-state index contributed by atoms with van der Waals surface area (Å²) in [5, 5.41) is 0. The summed E-state index contributed by atoms with van der Waals surface area (Å²) >= 11 is 0. The van der Waals surface area contributed by atoms with Gasteiger partial charge in [-0.15, -0.1) is 0 Å². The standard InChI is InChI=1S/C6H9N3/c1-5-3-8-4-6(2-7)9-5/h3-4H,2,7H2,1H3. The Morgan fingerprint density at radius 1 is 1.56 bits per heavy atom. The summed E-state index contributed by atoms with van der Waals surface area (Å²) in [6.45, 7) is 2.36. The van der Waals surface area contributed by atoms with Crippen molar-refractivity contribution in [3.8, 4) is 0 Å². The van der Waals surface area contributed by atoms with E-state index in [0.29, 0.717) is 6.54 Å². The van der Waals surface area contributed by atoms with Gasteiger partial charge in [0.1, 0.15) is 0 Å². The van der Waals surface area contributed by atoms with E-state index in [1.54, 1.807) is 12.4 Å². The van der Waals surface area contributed by atoms with Crippen LogP contribution < -0.4 is 5.73 Å². The minimum Gasteiger partial charge on any atom is -0.325 e. The molecule has 0 aliphatic carbocycles. The van der Waals surface area contributed by atoms with Crippen LogP contribution in [-0.4, -0.2) is 9.97 Å². The maximum absolute atomic E-state index is 5.32. The van der Waals surface area contributed by atoms with Crippen LogP contribution in [0.5, 0.6) is 0 Å². The third kappa shape index (κ3) is 1.47. The molecule has 0 unspecified atom stereocenters. The van der Waals surface area contributed by atoms with E-state index < -0.39 is 0 Å². The predicted octanol–water partition coefficient (Wildman–Crippen LogP) is 0.244. The fraction of sp³-hybridized carbons (Fsp3) is 0.333. The molecule has 2 N–H and O–H groups in total. The molecule has 48 valence electrons. The smallest absolute Gasteiger partial charge is 0.0725 e. The Morgan fingerprint density at radius 3 is 2.78 bits per heavy atom. The molecule has 0 aliphatic rings. The second kappa shape index (κ2) is 2.55. The van der Waals surface area contributed by atoms with Gasteiger partial charge in [0.2, 0.25) is 0 Å². The summed E-state index contributed by atoms with van der Waals surface area (Å²) in [7, 11) is 0. The van der Waals surface area contributed by atoms with Crippen LogP contribution in [0.2, 0.25) is 0 Å². The van der Waals surface area contributed by atoms with Gasteiger partial charge < -0.3 is 5.73 Å². The van der Waals surface area contributed by atoms with Crippen LogP contribution in [0.4, 0.5) is 0 Å². The van der Waals surface area contributed by atoms with Crippen molar-refractivity contribution in [3.63, 3.8) is 0 Å². The molecule has 3 nitrogen and oxygen atoms in total. The third-order valence-corrected chi connectivity index (χ3v) is 1.01. The van der Waals surface area contributed by atoms with Crippen molar-refractivity contribution >= 4 is 0 Å². The molecule has 0 aromatic carbocycles. The van der Waals surface area contributed by atoms with Gasteiger partial charge in [0.05, 0.1) is 11.4 Å². The van der Waals surface area contributed by atoms with Gasteiger partial charge in [-0.1, -0.05) is 0 Å². The number of hydrogen-bond donors (Lipinski definition) is 1. The molecule has 0 spiro atoms. The lowest BCUT2D eigenvalue weighted by molar-refractivity contribution is 0.939. The van der Waals surface area contributed by atoms with E-state index in [1.807, 2.05) is 6.92 Å². The van der Waals surface area contributed by atoms with E-state index in [2.05, 4.69) is 9.97 Å². The van der Waals surface area contributed by atoms with E-state index >= 15 is 0 Å². The Bertz CT molecular complexity index is 197. The maximum Gasteiger partial charge on any atom is 0.0725 e. The van der Waals surface area contributed by atoms with E-state index in [-0.39, 0.29) is 0 Å². The molecular formula is C6H9N3. The third-order valence-electron chi connectivity index (χ3n) is 1.01. The zero-order valence-corrected chi connectivity index (χ0v) is 5.33. The van der Waals surface area contributed by atoms with Crippen LogP contribution in [0.25, 0.3) is 0 Å². The van der Waals surface area contributed by atoms with E-state index in [4.69, 9.17) is 5.73 Å². The summed E-state index contributed by atoms with van der Waals surface area (Å²) < 4.78 is 0. The highest BCUT2D eigenvalue weighted by atomic mass is 14.8. The molecule has 0 fully saturated rings. The SMILES string of the molecule is Cc1cncc(CN)n1. The highest BCUT2D eigenvalue weighted by molar-refractivity contribution is 5.00. The Labute approximate surface area is 53.9 Å². The Kier molecular flexibility index (Phi) is 1.75. The first-order valence-electron chi connectivity index (χ1n) is 2.80. The highest BCUT2D eigenvalue weighted by Gasteiger charge is 1.88. The number of rotatable bonds is 1. The lowest BCUT2D eigenvalue weighted by Gasteiger charge is -1.93. The van der Waals surface area contributed by atoms with Gasteiger partial charge in [-0.3, -0.25) is 9.97 Å². The van der Waals surface area contributed by atoms with Crippen LogP contribution in [-0.2, 0) is 6.54 Å². The number of aryl methyl sites for hydroxylation is 1. The van der Waals surface area contributed by atoms with Gasteiger partial charge in [-0.05, 0) is 6.92 Å². The van der Waals surface area contributed by atoms with Gasteiger partial charge in [-0.25, -0.2) is 0 Å². The molecule has 0 amide bonds. The van der Waals surface area contributed by atoms with Crippen molar-refractivity contribution in [1.29, 1.82) is 0 Å². The molecule has 3 heteroatoms. The molecule has 1 aromatic rings. The first-order valence-corrected chi connectivity index (χ1v) is 2.80. The zero-order chi connectivity index (χ0) is 6.69. The quantitative estimate of drug-likeness (QED) is 0.582. The van der Waals surface area contributed by atoms with Crippen molar-refractivity contribution < 1.29 is 0 Å². The summed E-state index contributed by atoms with van der Waals surface area (Å²) in [5.41, 5.74) is 7.07. The minimum absolute atomic E-state index is 0.467. The zero-order valence-electron chi connectivity index (χ0n) is 5.33. The first-order chi connectivity index (χ1) is 4.33. The van der Waals surface area contributed by atoms with Gasteiger partial charge in [0.15, 0.2) is 0 Å².